The molecule has 0 saturated carbocycles. The van der Waals surface area contributed by atoms with E-state index in [4.69, 9.17) is 15.3 Å². The molecular weight excluding hydrogens is 312 g/mol. The van der Waals surface area contributed by atoms with Crippen LogP contribution in [0.5, 0.6) is 0 Å². The van der Waals surface area contributed by atoms with E-state index in [0.717, 1.165) is 32.1 Å². The summed E-state index contributed by atoms with van der Waals surface area (Å²) < 4.78 is 0. The zero-order chi connectivity index (χ0) is 18.6. The Balaban J connectivity index is 0. The van der Waals surface area contributed by atoms with Crippen LogP contribution in [0.1, 0.15) is 96.8 Å². The third kappa shape index (κ3) is 28.6. The van der Waals surface area contributed by atoms with Gasteiger partial charge in [0.1, 0.15) is 0 Å². The van der Waals surface area contributed by atoms with Gasteiger partial charge in [0, 0.05) is 19.3 Å². The Labute approximate surface area is 145 Å². The number of hydrogen-bond acceptors (Lipinski definition) is 3. The van der Waals surface area contributed by atoms with E-state index in [0.29, 0.717) is 19.3 Å². The van der Waals surface area contributed by atoms with Gasteiger partial charge < -0.3 is 15.3 Å². The molecule has 24 heavy (non-hydrogen) atoms. The van der Waals surface area contributed by atoms with E-state index in [1.165, 1.54) is 25.7 Å². The second kappa shape index (κ2) is 19.5. The first kappa shape index (κ1) is 24.7. The molecule has 0 aromatic rings. The Morgan fingerprint density at radius 3 is 1.00 bits per heavy atom. The molecule has 3 N–H and O–H groups in total. The van der Waals surface area contributed by atoms with Crippen molar-refractivity contribution in [3.8, 4) is 0 Å². The number of carboxylic acids is 3. The van der Waals surface area contributed by atoms with Crippen LogP contribution < -0.4 is 0 Å². The first-order valence-corrected chi connectivity index (χ1v) is 9.05. The van der Waals surface area contributed by atoms with Crippen LogP contribution in [0, 0.1) is 0 Å². The predicted octanol–water partition coefficient (Wildman–Crippen LogP) is 4.71. The van der Waals surface area contributed by atoms with Crippen molar-refractivity contribution in [1.82, 2.24) is 0 Å². The molecule has 0 aromatic carbocycles. The first-order valence-electron chi connectivity index (χ1n) is 9.05. The summed E-state index contributed by atoms with van der Waals surface area (Å²) in [7, 11) is 0. The molecule has 0 atom stereocenters. The Kier molecular flexibility index (Phi) is 20.0. The highest BCUT2D eigenvalue weighted by Crippen LogP contribution is 2.07. The minimum Gasteiger partial charge on any atom is -0.481 e. The average Bonchev–Trinajstić information content (AvgIpc) is 2.49. The molecule has 0 aromatic heterocycles. The molecule has 0 unspecified atom stereocenters. The summed E-state index contributed by atoms with van der Waals surface area (Å²) in [6.45, 7) is 2.18. The summed E-state index contributed by atoms with van der Waals surface area (Å²) >= 11 is 0. The van der Waals surface area contributed by atoms with Gasteiger partial charge in [-0.25, -0.2) is 0 Å². The molecule has 0 amide bonds. The molecule has 0 rings (SSSR count). The molecular formula is C18H34O6. The predicted molar refractivity (Wildman–Crippen MR) is 93.2 cm³/mol. The highest BCUT2D eigenvalue weighted by Gasteiger charge is 1.98. The molecule has 0 bridgehead atoms. The lowest BCUT2D eigenvalue weighted by Gasteiger charge is -1.97. The fourth-order valence-electron chi connectivity index (χ4n) is 2.14. The lowest BCUT2D eigenvalue weighted by molar-refractivity contribution is -0.138. The number of carbonyl (C=O) groups is 3. The quantitative estimate of drug-likeness (QED) is 0.370. The molecule has 0 aliphatic heterocycles. The molecule has 0 saturated heterocycles. The van der Waals surface area contributed by atoms with Crippen molar-refractivity contribution in [1.29, 1.82) is 0 Å². The van der Waals surface area contributed by atoms with E-state index < -0.39 is 17.9 Å². The Morgan fingerprint density at radius 1 is 0.500 bits per heavy atom. The van der Waals surface area contributed by atoms with Crippen molar-refractivity contribution >= 4 is 17.9 Å². The minimum atomic E-state index is -0.759. The summed E-state index contributed by atoms with van der Waals surface area (Å²) in [5.41, 5.74) is 0. The van der Waals surface area contributed by atoms with Gasteiger partial charge in [-0.15, -0.1) is 0 Å². The average molecular weight is 346 g/mol. The minimum absolute atomic E-state index is 0.221. The Bertz CT molecular complexity index is 309. The maximum Gasteiger partial charge on any atom is 0.303 e. The van der Waals surface area contributed by atoms with E-state index in [1.54, 1.807) is 0 Å². The summed E-state index contributed by atoms with van der Waals surface area (Å²) in [6.07, 6.45) is 11.8. The van der Waals surface area contributed by atoms with Gasteiger partial charge in [0.05, 0.1) is 0 Å². The van der Waals surface area contributed by atoms with Gasteiger partial charge in [0.2, 0.25) is 0 Å². The van der Waals surface area contributed by atoms with Crippen molar-refractivity contribution in [3.05, 3.63) is 0 Å². The lowest BCUT2D eigenvalue weighted by atomic mass is 10.1. The molecule has 0 fully saturated rings. The molecule has 6 heteroatoms. The first-order chi connectivity index (χ1) is 11.4. The number of aliphatic carboxylic acids is 3. The van der Waals surface area contributed by atoms with Crippen LogP contribution in [0.25, 0.3) is 0 Å². The molecule has 0 aliphatic carbocycles. The molecule has 0 aliphatic rings. The number of hydrogen-bond donors (Lipinski definition) is 3. The van der Waals surface area contributed by atoms with Gasteiger partial charge in [0.25, 0.3) is 0 Å². The fraction of sp³-hybridized carbons (Fsp3) is 0.833. The molecule has 142 valence electrons. The van der Waals surface area contributed by atoms with E-state index in [-0.39, 0.29) is 12.8 Å². The fourth-order valence-corrected chi connectivity index (χ4v) is 2.14. The topological polar surface area (TPSA) is 112 Å². The van der Waals surface area contributed by atoms with Crippen LogP contribution in [0.2, 0.25) is 0 Å². The van der Waals surface area contributed by atoms with Gasteiger partial charge in [-0.3, -0.25) is 14.4 Å². The molecule has 6 nitrogen and oxygen atoms in total. The number of carboxylic acid groups (broad SMARTS) is 3. The van der Waals surface area contributed by atoms with Crippen LogP contribution in [-0.4, -0.2) is 33.2 Å². The highest BCUT2D eigenvalue weighted by atomic mass is 16.4. The number of unbranched alkanes of at least 4 members (excludes halogenated alkanes) is 9. The number of rotatable bonds is 15. The zero-order valence-corrected chi connectivity index (χ0v) is 15.0. The summed E-state index contributed by atoms with van der Waals surface area (Å²) in [5, 5.41) is 24.9. The van der Waals surface area contributed by atoms with Crippen LogP contribution in [0.3, 0.4) is 0 Å². The highest BCUT2D eigenvalue weighted by molar-refractivity contribution is 5.67. The SMILES string of the molecule is CCCCCCCCC(=O)O.O=C(O)CCCCCCCC(=O)O. The monoisotopic (exact) mass is 346 g/mol. The van der Waals surface area contributed by atoms with Crippen molar-refractivity contribution in [3.63, 3.8) is 0 Å². The molecule has 0 radical (unpaired) electrons. The summed E-state index contributed by atoms with van der Waals surface area (Å²) in [4.78, 5) is 30.3. The van der Waals surface area contributed by atoms with Gasteiger partial charge in [-0.2, -0.15) is 0 Å². The van der Waals surface area contributed by atoms with Crippen molar-refractivity contribution in [2.75, 3.05) is 0 Å². The van der Waals surface area contributed by atoms with Gasteiger partial charge in [-0.05, 0) is 19.3 Å². The third-order valence-corrected chi connectivity index (χ3v) is 3.53. The lowest BCUT2D eigenvalue weighted by Crippen LogP contribution is -1.95. The molecule has 0 spiro atoms. The largest absolute Gasteiger partial charge is 0.481 e. The Hall–Kier alpha value is -1.59. The standard InChI is InChI=1S/C9H16O4.C9H18O2/c10-8(11)6-4-2-1-3-5-7-9(12)13;1-2-3-4-5-6-7-8-9(10)11/h1-7H2,(H,10,11)(H,12,13);2-8H2,1H3,(H,10,11). The smallest absolute Gasteiger partial charge is 0.303 e. The summed E-state index contributed by atoms with van der Waals surface area (Å²) in [6, 6.07) is 0. The van der Waals surface area contributed by atoms with Crippen molar-refractivity contribution in [2.24, 2.45) is 0 Å². The third-order valence-electron chi connectivity index (χ3n) is 3.53. The summed E-state index contributed by atoms with van der Waals surface area (Å²) in [5.74, 6) is -2.18. The van der Waals surface area contributed by atoms with Crippen molar-refractivity contribution < 1.29 is 29.7 Å². The van der Waals surface area contributed by atoms with E-state index in [2.05, 4.69) is 6.92 Å². The normalized spacial score (nSPS) is 9.88. The Morgan fingerprint density at radius 2 is 0.750 bits per heavy atom. The second-order valence-corrected chi connectivity index (χ2v) is 5.97. The molecule has 0 heterocycles. The van der Waals surface area contributed by atoms with Crippen LogP contribution in [-0.2, 0) is 14.4 Å². The van der Waals surface area contributed by atoms with Crippen LogP contribution in [0.15, 0.2) is 0 Å². The maximum atomic E-state index is 10.1. The van der Waals surface area contributed by atoms with Crippen molar-refractivity contribution in [2.45, 2.75) is 96.8 Å². The van der Waals surface area contributed by atoms with Gasteiger partial charge >= 0.3 is 17.9 Å². The van der Waals surface area contributed by atoms with Gasteiger partial charge in [-0.1, -0.05) is 58.3 Å². The van der Waals surface area contributed by atoms with E-state index >= 15 is 0 Å². The van der Waals surface area contributed by atoms with Gasteiger partial charge in [0.15, 0.2) is 0 Å². The van der Waals surface area contributed by atoms with Crippen LogP contribution in [0.4, 0.5) is 0 Å². The van der Waals surface area contributed by atoms with E-state index in [9.17, 15) is 14.4 Å². The maximum absolute atomic E-state index is 10.1. The second-order valence-electron chi connectivity index (χ2n) is 5.97. The van der Waals surface area contributed by atoms with E-state index in [1.807, 2.05) is 0 Å². The zero-order valence-electron chi connectivity index (χ0n) is 15.0. The van der Waals surface area contributed by atoms with Crippen LogP contribution >= 0.6 is 0 Å².